The highest BCUT2D eigenvalue weighted by molar-refractivity contribution is 5.78. The van der Waals surface area contributed by atoms with Gasteiger partial charge in [0.05, 0.1) is 13.0 Å². The topological polar surface area (TPSA) is 50.4 Å². The van der Waals surface area contributed by atoms with E-state index in [9.17, 15) is 4.79 Å². The van der Waals surface area contributed by atoms with Gasteiger partial charge in [0.15, 0.2) is 0 Å². The standard InChI is InChI=1S/C21H26N2O2/c1-15(2)14-25-20-7-4-16(5-8-20)10-21(24)23-11-17-3-6-18-12-22-13-19(18)9-17/h3-9,15,22H,10-14H2,1-2H3,(H,23,24). The number of carbonyl (C=O) groups excluding carboxylic acids is 1. The molecule has 1 aliphatic rings. The van der Waals surface area contributed by atoms with Crippen molar-refractivity contribution in [1.29, 1.82) is 0 Å². The van der Waals surface area contributed by atoms with E-state index in [4.69, 9.17) is 4.74 Å². The van der Waals surface area contributed by atoms with Crippen LogP contribution >= 0.6 is 0 Å². The van der Waals surface area contributed by atoms with Crippen molar-refractivity contribution in [2.24, 2.45) is 5.92 Å². The molecular weight excluding hydrogens is 312 g/mol. The zero-order valence-electron chi connectivity index (χ0n) is 15.0. The van der Waals surface area contributed by atoms with Gasteiger partial charge < -0.3 is 15.4 Å². The smallest absolute Gasteiger partial charge is 0.224 e. The first-order valence-corrected chi connectivity index (χ1v) is 8.90. The lowest BCUT2D eigenvalue weighted by Gasteiger charge is -2.10. The predicted octanol–water partition coefficient (Wildman–Crippen LogP) is 3.18. The van der Waals surface area contributed by atoms with E-state index in [0.29, 0.717) is 25.5 Å². The molecule has 0 bridgehead atoms. The van der Waals surface area contributed by atoms with Crippen molar-refractivity contribution < 1.29 is 9.53 Å². The molecule has 0 saturated carbocycles. The molecule has 1 amide bonds. The number of carbonyl (C=O) groups is 1. The van der Waals surface area contributed by atoms with E-state index in [-0.39, 0.29) is 5.91 Å². The minimum absolute atomic E-state index is 0.0365. The largest absolute Gasteiger partial charge is 0.493 e. The average Bonchev–Trinajstić information content (AvgIpc) is 3.07. The lowest BCUT2D eigenvalue weighted by atomic mass is 10.1. The Bertz CT molecular complexity index is 723. The van der Waals surface area contributed by atoms with Crippen LogP contribution in [-0.2, 0) is 30.8 Å². The van der Waals surface area contributed by atoms with Crippen LogP contribution in [0.15, 0.2) is 42.5 Å². The van der Waals surface area contributed by atoms with Crippen LogP contribution < -0.4 is 15.4 Å². The van der Waals surface area contributed by atoms with E-state index in [1.54, 1.807) is 0 Å². The molecule has 0 spiro atoms. The molecule has 0 atom stereocenters. The Hall–Kier alpha value is -2.33. The third kappa shape index (κ3) is 5.07. The lowest BCUT2D eigenvalue weighted by molar-refractivity contribution is -0.120. The summed E-state index contributed by atoms with van der Waals surface area (Å²) in [6, 6.07) is 14.2. The molecule has 1 heterocycles. The Morgan fingerprint density at radius 2 is 1.80 bits per heavy atom. The van der Waals surface area contributed by atoms with Crippen LogP contribution in [0.5, 0.6) is 5.75 Å². The van der Waals surface area contributed by atoms with Gasteiger partial charge in [0.25, 0.3) is 0 Å². The minimum Gasteiger partial charge on any atom is -0.493 e. The van der Waals surface area contributed by atoms with E-state index in [1.165, 1.54) is 11.1 Å². The fourth-order valence-electron chi connectivity index (χ4n) is 2.87. The number of benzene rings is 2. The van der Waals surface area contributed by atoms with Gasteiger partial charge in [-0.25, -0.2) is 0 Å². The van der Waals surface area contributed by atoms with Crippen LogP contribution in [0, 0.1) is 5.92 Å². The van der Waals surface area contributed by atoms with Crippen LogP contribution in [0.25, 0.3) is 0 Å². The summed E-state index contributed by atoms with van der Waals surface area (Å²) in [5, 5.41) is 6.34. The molecule has 0 fully saturated rings. The highest BCUT2D eigenvalue weighted by atomic mass is 16.5. The molecular formula is C21H26N2O2. The van der Waals surface area contributed by atoms with E-state index in [1.807, 2.05) is 24.3 Å². The SMILES string of the molecule is CC(C)COc1ccc(CC(=O)NCc2ccc3c(c2)CNC3)cc1. The molecule has 4 heteroatoms. The van der Waals surface area contributed by atoms with Crippen molar-refractivity contribution in [3.05, 3.63) is 64.7 Å². The van der Waals surface area contributed by atoms with E-state index in [2.05, 4.69) is 42.7 Å². The first-order chi connectivity index (χ1) is 12.1. The first-order valence-electron chi connectivity index (χ1n) is 8.90. The zero-order valence-corrected chi connectivity index (χ0v) is 15.0. The molecule has 0 radical (unpaired) electrons. The third-order valence-corrected chi connectivity index (χ3v) is 4.26. The number of nitrogens with one attached hydrogen (secondary N) is 2. The molecule has 0 aromatic heterocycles. The summed E-state index contributed by atoms with van der Waals surface area (Å²) in [5.74, 6) is 1.39. The Balaban J connectivity index is 1.47. The molecule has 2 aromatic rings. The zero-order chi connectivity index (χ0) is 17.6. The quantitative estimate of drug-likeness (QED) is 0.815. The number of rotatable bonds is 7. The molecule has 4 nitrogen and oxygen atoms in total. The number of fused-ring (bicyclic) bond motifs is 1. The van der Waals surface area contributed by atoms with E-state index >= 15 is 0 Å². The van der Waals surface area contributed by atoms with Crippen molar-refractivity contribution in [3.63, 3.8) is 0 Å². The fraction of sp³-hybridized carbons (Fsp3) is 0.381. The van der Waals surface area contributed by atoms with Gasteiger partial charge in [0.2, 0.25) is 5.91 Å². The number of amides is 1. The number of hydrogen-bond donors (Lipinski definition) is 2. The summed E-state index contributed by atoms with van der Waals surface area (Å²) >= 11 is 0. The van der Waals surface area contributed by atoms with Crippen molar-refractivity contribution in [2.45, 2.75) is 39.9 Å². The number of ether oxygens (including phenoxy) is 1. The fourth-order valence-corrected chi connectivity index (χ4v) is 2.87. The maximum Gasteiger partial charge on any atom is 0.224 e. The summed E-state index contributed by atoms with van der Waals surface area (Å²) < 4.78 is 5.66. The average molecular weight is 338 g/mol. The second-order valence-electron chi connectivity index (χ2n) is 7.01. The molecule has 3 rings (SSSR count). The second-order valence-corrected chi connectivity index (χ2v) is 7.01. The highest BCUT2D eigenvalue weighted by Crippen LogP contribution is 2.17. The van der Waals surface area contributed by atoms with Crippen LogP contribution in [0.1, 0.15) is 36.1 Å². The van der Waals surface area contributed by atoms with Crippen LogP contribution in [0.3, 0.4) is 0 Å². The molecule has 1 aliphatic heterocycles. The van der Waals surface area contributed by atoms with Crippen LogP contribution in [0.2, 0.25) is 0 Å². The summed E-state index contributed by atoms with van der Waals surface area (Å²) in [7, 11) is 0. The van der Waals surface area contributed by atoms with Gasteiger partial charge in [-0.05, 0) is 40.3 Å². The normalized spacial score (nSPS) is 12.9. The van der Waals surface area contributed by atoms with Crippen molar-refractivity contribution in [2.75, 3.05) is 6.61 Å². The third-order valence-electron chi connectivity index (χ3n) is 4.26. The Labute approximate surface area is 149 Å². The van der Waals surface area contributed by atoms with E-state index in [0.717, 1.165) is 30.0 Å². The van der Waals surface area contributed by atoms with Gasteiger partial charge in [-0.15, -0.1) is 0 Å². The second kappa shape index (κ2) is 8.17. The summed E-state index contributed by atoms with van der Waals surface area (Å²) in [6.45, 7) is 7.38. The van der Waals surface area contributed by atoms with Crippen molar-refractivity contribution in [3.8, 4) is 5.75 Å². The molecule has 0 unspecified atom stereocenters. The van der Waals surface area contributed by atoms with Crippen molar-refractivity contribution in [1.82, 2.24) is 10.6 Å². The predicted molar refractivity (Wildman–Crippen MR) is 99.3 cm³/mol. The molecule has 2 aromatic carbocycles. The van der Waals surface area contributed by atoms with Crippen molar-refractivity contribution >= 4 is 5.91 Å². The van der Waals surface area contributed by atoms with Gasteiger partial charge in [-0.2, -0.15) is 0 Å². The highest BCUT2D eigenvalue weighted by Gasteiger charge is 2.10. The molecule has 2 N–H and O–H groups in total. The number of hydrogen-bond acceptors (Lipinski definition) is 3. The van der Waals surface area contributed by atoms with Gasteiger partial charge in [0, 0.05) is 19.6 Å². The Morgan fingerprint density at radius 3 is 2.56 bits per heavy atom. The minimum atomic E-state index is 0.0365. The maximum absolute atomic E-state index is 12.2. The monoisotopic (exact) mass is 338 g/mol. The maximum atomic E-state index is 12.2. The first kappa shape index (κ1) is 17.5. The molecule has 0 saturated heterocycles. The molecule has 25 heavy (non-hydrogen) atoms. The van der Waals surface area contributed by atoms with Gasteiger partial charge in [0.1, 0.15) is 5.75 Å². The van der Waals surface area contributed by atoms with Gasteiger partial charge in [-0.1, -0.05) is 44.2 Å². The summed E-state index contributed by atoms with van der Waals surface area (Å²) in [4.78, 5) is 12.2. The van der Waals surface area contributed by atoms with Crippen LogP contribution in [0.4, 0.5) is 0 Å². The van der Waals surface area contributed by atoms with Crippen LogP contribution in [-0.4, -0.2) is 12.5 Å². The van der Waals surface area contributed by atoms with Gasteiger partial charge in [-0.3, -0.25) is 4.79 Å². The summed E-state index contributed by atoms with van der Waals surface area (Å²) in [5.41, 5.74) is 4.83. The van der Waals surface area contributed by atoms with Gasteiger partial charge >= 0.3 is 0 Å². The Morgan fingerprint density at radius 1 is 1.08 bits per heavy atom. The lowest BCUT2D eigenvalue weighted by Crippen LogP contribution is -2.24. The summed E-state index contributed by atoms with van der Waals surface area (Å²) in [6.07, 6.45) is 0.386. The molecule has 132 valence electrons. The molecule has 0 aliphatic carbocycles. The van der Waals surface area contributed by atoms with E-state index < -0.39 is 0 Å². The Kier molecular flexibility index (Phi) is 5.71.